The van der Waals surface area contributed by atoms with Gasteiger partial charge in [-0.25, -0.2) is 0 Å². The summed E-state index contributed by atoms with van der Waals surface area (Å²) in [6, 6.07) is 16.2. The Labute approximate surface area is 129 Å². The quantitative estimate of drug-likeness (QED) is 0.851. The van der Waals surface area contributed by atoms with Gasteiger partial charge in [0.15, 0.2) is 6.10 Å². The zero-order valence-corrected chi connectivity index (χ0v) is 12.5. The highest BCUT2D eigenvalue weighted by Crippen LogP contribution is 2.10. The molecule has 5 nitrogen and oxygen atoms in total. The van der Waals surface area contributed by atoms with Gasteiger partial charge in [0, 0.05) is 5.56 Å². The van der Waals surface area contributed by atoms with Gasteiger partial charge in [0.25, 0.3) is 11.8 Å². The second-order valence-corrected chi connectivity index (χ2v) is 4.83. The van der Waals surface area contributed by atoms with E-state index in [2.05, 4.69) is 10.9 Å². The number of benzene rings is 2. The van der Waals surface area contributed by atoms with E-state index in [1.54, 1.807) is 31.2 Å². The van der Waals surface area contributed by atoms with Crippen LogP contribution in [-0.2, 0) is 4.79 Å². The van der Waals surface area contributed by atoms with Gasteiger partial charge in [-0.2, -0.15) is 0 Å². The first-order valence-corrected chi connectivity index (χ1v) is 6.95. The molecule has 0 heterocycles. The smallest absolute Gasteiger partial charge is 0.279 e. The van der Waals surface area contributed by atoms with Crippen LogP contribution in [0.4, 0.5) is 0 Å². The molecule has 0 spiro atoms. The zero-order chi connectivity index (χ0) is 15.9. The second-order valence-electron chi connectivity index (χ2n) is 4.83. The van der Waals surface area contributed by atoms with Crippen LogP contribution in [0.5, 0.6) is 5.75 Å². The van der Waals surface area contributed by atoms with Crippen LogP contribution in [0, 0.1) is 6.92 Å². The van der Waals surface area contributed by atoms with Gasteiger partial charge in [-0.05, 0) is 37.6 Å². The third-order valence-electron chi connectivity index (χ3n) is 3.11. The molecule has 114 valence electrons. The molecule has 0 aliphatic rings. The molecule has 2 amide bonds. The van der Waals surface area contributed by atoms with Gasteiger partial charge in [0.2, 0.25) is 0 Å². The van der Waals surface area contributed by atoms with Crippen molar-refractivity contribution in [1.82, 2.24) is 10.9 Å². The van der Waals surface area contributed by atoms with Crippen molar-refractivity contribution in [3.05, 3.63) is 65.7 Å². The number of para-hydroxylation sites is 1. The number of hydrogen-bond acceptors (Lipinski definition) is 3. The minimum absolute atomic E-state index is 0.363. The van der Waals surface area contributed by atoms with E-state index in [9.17, 15) is 9.59 Å². The van der Waals surface area contributed by atoms with Gasteiger partial charge in [-0.3, -0.25) is 20.4 Å². The molecule has 0 saturated carbocycles. The molecule has 0 aliphatic heterocycles. The average Bonchev–Trinajstić information content (AvgIpc) is 2.53. The largest absolute Gasteiger partial charge is 0.481 e. The minimum atomic E-state index is -0.723. The van der Waals surface area contributed by atoms with Gasteiger partial charge in [0.05, 0.1) is 0 Å². The number of hydrogen-bond donors (Lipinski definition) is 2. The summed E-state index contributed by atoms with van der Waals surface area (Å²) in [4.78, 5) is 23.9. The van der Waals surface area contributed by atoms with Crippen molar-refractivity contribution in [2.45, 2.75) is 20.0 Å². The lowest BCUT2D eigenvalue weighted by atomic mass is 10.1. The van der Waals surface area contributed by atoms with Gasteiger partial charge in [-0.1, -0.05) is 36.4 Å². The van der Waals surface area contributed by atoms with Crippen LogP contribution >= 0.6 is 0 Å². The Kier molecular flexibility index (Phi) is 5.14. The first-order chi connectivity index (χ1) is 10.6. The van der Waals surface area contributed by atoms with Crippen molar-refractivity contribution >= 4 is 11.8 Å². The van der Waals surface area contributed by atoms with E-state index in [4.69, 9.17) is 4.74 Å². The van der Waals surface area contributed by atoms with E-state index < -0.39 is 12.0 Å². The van der Waals surface area contributed by atoms with Crippen LogP contribution in [0.3, 0.4) is 0 Å². The molecule has 22 heavy (non-hydrogen) atoms. The summed E-state index contributed by atoms with van der Waals surface area (Å²) in [5.41, 5.74) is 6.10. The molecule has 0 fully saturated rings. The standard InChI is InChI=1S/C17H18N2O3/c1-12-8-6-7-11-15(12)17(21)19-18-16(20)13(2)22-14-9-4-3-5-10-14/h3-11,13H,1-2H3,(H,18,20)(H,19,21). The Hall–Kier alpha value is -2.82. The number of amides is 2. The second kappa shape index (κ2) is 7.26. The molecule has 0 bridgehead atoms. The minimum Gasteiger partial charge on any atom is -0.481 e. The lowest BCUT2D eigenvalue weighted by Crippen LogP contribution is -2.47. The molecule has 2 aromatic rings. The number of carbonyl (C=O) groups is 2. The summed E-state index contributed by atoms with van der Waals surface area (Å²) >= 11 is 0. The maximum atomic E-state index is 12.0. The molecule has 2 rings (SSSR count). The lowest BCUT2D eigenvalue weighted by Gasteiger charge is -2.15. The summed E-state index contributed by atoms with van der Waals surface area (Å²) in [6.45, 7) is 3.44. The summed E-state index contributed by atoms with van der Waals surface area (Å²) in [5.74, 6) is -0.195. The Balaban J connectivity index is 1.87. The van der Waals surface area contributed by atoms with Crippen LogP contribution in [0.1, 0.15) is 22.8 Å². The van der Waals surface area contributed by atoms with E-state index >= 15 is 0 Å². The van der Waals surface area contributed by atoms with E-state index in [1.807, 2.05) is 37.3 Å². The van der Waals surface area contributed by atoms with Gasteiger partial charge in [0.1, 0.15) is 5.75 Å². The fourth-order valence-corrected chi connectivity index (χ4v) is 1.87. The van der Waals surface area contributed by atoms with Crippen LogP contribution in [0.25, 0.3) is 0 Å². The average molecular weight is 298 g/mol. The Bertz CT molecular complexity index is 656. The molecule has 0 aromatic heterocycles. The molecule has 2 aromatic carbocycles. The van der Waals surface area contributed by atoms with Gasteiger partial charge >= 0.3 is 0 Å². The lowest BCUT2D eigenvalue weighted by molar-refractivity contribution is -0.128. The maximum absolute atomic E-state index is 12.0. The van der Waals surface area contributed by atoms with E-state index in [-0.39, 0.29) is 5.91 Å². The predicted octanol–water partition coefficient (Wildman–Crippen LogP) is 2.22. The van der Waals surface area contributed by atoms with Gasteiger partial charge < -0.3 is 4.74 Å². The highest BCUT2D eigenvalue weighted by molar-refractivity contribution is 5.96. The van der Waals surface area contributed by atoms with Crippen LogP contribution < -0.4 is 15.6 Å². The van der Waals surface area contributed by atoms with Crippen molar-refractivity contribution < 1.29 is 14.3 Å². The van der Waals surface area contributed by atoms with E-state index in [0.717, 1.165) is 5.56 Å². The number of carbonyl (C=O) groups excluding carboxylic acids is 2. The van der Waals surface area contributed by atoms with Crippen molar-refractivity contribution in [3.63, 3.8) is 0 Å². The molecular formula is C17H18N2O3. The van der Waals surface area contributed by atoms with E-state index in [0.29, 0.717) is 11.3 Å². The number of ether oxygens (including phenoxy) is 1. The zero-order valence-electron chi connectivity index (χ0n) is 12.5. The highest BCUT2D eigenvalue weighted by Gasteiger charge is 2.16. The van der Waals surface area contributed by atoms with Crippen molar-refractivity contribution in [2.75, 3.05) is 0 Å². The normalized spacial score (nSPS) is 11.4. The molecule has 0 saturated heterocycles. The third-order valence-corrected chi connectivity index (χ3v) is 3.11. The topological polar surface area (TPSA) is 67.4 Å². The van der Waals surface area contributed by atoms with Crippen LogP contribution in [0.15, 0.2) is 54.6 Å². The first kappa shape index (κ1) is 15.6. The molecule has 1 unspecified atom stereocenters. The number of nitrogens with one attached hydrogen (secondary N) is 2. The first-order valence-electron chi connectivity index (χ1n) is 6.95. The fourth-order valence-electron chi connectivity index (χ4n) is 1.87. The molecule has 1 atom stereocenters. The highest BCUT2D eigenvalue weighted by atomic mass is 16.5. The Morgan fingerprint density at radius 3 is 2.27 bits per heavy atom. The fraction of sp³-hybridized carbons (Fsp3) is 0.176. The molecule has 0 aliphatic carbocycles. The third kappa shape index (κ3) is 4.09. The van der Waals surface area contributed by atoms with Gasteiger partial charge in [-0.15, -0.1) is 0 Å². The SMILES string of the molecule is Cc1ccccc1C(=O)NNC(=O)C(C)Oc1ccccc1. The number of aryl methyl sites for hydroxylation is 1. The molecule has 0 radical (unpaired) electrons. The van der Waals surface area contributed by atoms with Crippen LogP contribution in [0.2, 0.25) is 0 Å². The number of rotatable bonds is 4. The Morgan fingerprint density at radius 1 is 0.955 bits per heavy atom. The molecule has 5 heteroatoms. The summed E-state index contributed by atoms with van der Waals surface area (Å²) in [7, 11) is 0. The maximum Gasteiger partial charge on any atom is 0.279 e. The Morgan fingerprint density at radius 2 is 1.59 bits per heavy atom. The van der Waals surface area contributed by atoms with Crippen molar-refractivity contribution in [3.8, 4) is 5.75 Å². The molecular weight excluding hydrogens is 280 g/mol. The number of hydrazine groups is 1. The molecule has 2 N–H and O–H groups in total. The predicted molar refractivity (Wildman–Crippen MR) is 83.3 cm³/mol. The summed E-state index contributed by atoms with van der Waals surface area (Å²) < 4.78 is 5.47. The summed E-state index contributed by atoms with van der Waals surface area (Å²) in [6.07, 6.45) is -0.723. The van der Waals surface area contributed by atoms with E-state index in [1.165, 1.54) is 0 Å². The van der Waals surface area contributed by atoms with Crippen molar-refractivity contribution in [1.29, 1.82) is 0 Å². The monoisotopic (exact) mass is 298 g/mol. The van der Waals surface area contributed by atoms with Crippen molar-refractivity contribution in [2.24, 2.45) is 0 Å². The summed E-state index contributed by atoms with van der Waals surface area (Å²) in [5, 5.41) is 0. The van der Waals surface area contributed by atoms with Crippen LogP contribution in [-0.4, -0.2) is 17.9 Å².